The molecule has 1 aromatic rings. The van der Waals surface area contributed by atoms with Crippen molar-refractivity contribution in [3.05, 3.63) is 11.7 Å². The molecule has 0 unspecified atom stereocenters. The third-order valence-corrected chi connectivity index (χ3v) is 1.53. The van der Waals surface area contributed by atoms with Gasteiger partial charge in [0.1, 0.15) is 6.61 Å². The van der Waals surface area contributed by atoms with Crippen molar-refractivity contribution in [3.63, 3.8) is 0 Å². The van der Waals surface area contributed by atoms with Crippen LogP contribution in [0.2, 0.25) is 0 Å². The van der Waals surface area contributed by atoms with E-state index in [-0.39, 0.29) is 5.88 Å². The Kier molecular flexibility index (Phi) is 4.74. The van der Waals surface area contributed by atoms with Gasteiger partial charge in [0.2, 0.25) is 0 Å². The summed E-state index contributed by atoms with van der Waals surface area (Å²) in [5.41, 5.74) is 0. The summed E-state index contributed by atoms with van der Waals surface area (Å²) in [6, 6.07) is 0. The summed E-state index contributed by atoms with van der Waals surface area (Å²) in [6.07, 6.45) is 0. The second-order valence-corrected chi connectivity index (χ2v) is 2.55. The molecule has 0 aliphatic rings. The summed E-state index contributed by atoms with van der Waals surface area (Å²) in [5, 5.41) is 3.60. The van der Waals surface area contributed by atoms with Gasteiger partial charge in [0, 0.05) is 7.11 Å². The van der Waals surface area contributed by atoms with E-state index in [1.165, 1.54) is 0 Å². The second-order valence-electron chi connectivity index (χ2n) is 2.28. The van der Waals surface area contributed by atoms with Crippen molar-refractivity contribution < 1.29 is 14.0 Å². The van der Waals surface area contributed by atoms with E-state index in [0.717, 1.165) is 0 Å². The predicted octanol–water partition coefficient (Wildman–Crippen LogP) is 0.971. The molecule has 0 saturated heterocycles. The van der Waals surface area contributed by atoms with Gasteiger partial charge in [-0.1, -0.05) is 5.16 Å². The Morgan fingerprint density at radius 3 is 2.92 bits per heavy atom. The molecule has 0 bridgehead atoms. The van der Waals surface area contributed by atoms with Crippen LogP contribution >= 0.6 is 11.6 Å². The number of hydrogen-bond acceptors (Lipinski definition) is 5. The minimum atomic E-state index is 0.252. The van der Waals surface area contributed by atoms with Crippen molar-refractivity contribution in [2.75, 3.05) is 20.3 Å². The van der Waals surface area contributed by atoms with Gasteiger partial charge < -0.3 is 14.0 Å². The first-order valence-electron chi connectivity index (χ1n) is 3.81. The quantitative estimate of drug-likeness (QED) is 0.513. The first-order chi connectivity index (χ1) is 6.36. The van der Waals surface area contributed by atoms with Crippen molar-refractivity contribution in [2.24, 2.45) is 0 Å². The molecule has 0 aliphatic heterocycles. The molecule has 5 nitrogen and oxygen atoms in total. The zero-order chi connectivity index (χ0) is 9.52. The highest BCUT2D eigenvalue weighted by atomic mass is 35.5. The van der Waals surface area contributed by atoms with Crippen LogP contribution in [0.15, 0.2) is 4.52 Å². The molecule has 0 aromatic carbocycles. The number of alkyl halides is 1. The highest BCUT2D eigenvalue weighted by Gasteiger charge is 2.04. The molecule has 0 fully saturated rings. The van der Waals surface area contributed by atoms with Crippen LogP contribution < -0.4 is 0 Å². The maximum atomic E-state index is 5.48. The maximum Gasteiger partial charge on any atom is 0.252 e. The van der Waals surface area contributed by atoms with Gasteiger partial charge in [-0.2, -0.15) is 4.98 Å². The van der Waals surface area contributed by atoms with Crippen LogP contribution in [0.4, 0.5) is 0 Å². The van der Waals surface area contributed by atoms with E-state index in [9.17, 15) is 0 Å². The molecule has 0 radical (unpaired) electrons. The third kappa shape index (κ3) is 3.71. The summed E-state index contributed by atoms with van der Waals surface area (Å²) in [7, 11) is 1.61. The van der Waals surface area contributed by atoms with Crippen LogP contribution in [-0.4, -0.2) is 30.5 Å². The largest absolute Gasteiger partial charge is 0.382 e. The van der Waals surface area contributed by atoms with Gasteiger partial charge in [-0.05, 0) is 0 Å². The Hall–Kier alpha value is -0.650. The van der Waals surface area contributed by atoms with Gasteiger partial charge in [-0.25, -0.2) is 0 Å². The summed E-state index contributed by atoms with van der Waals surface area (Å²) in [6.45, 7) is 1.36. The highest BCUT2D eigenvalue weighted by molar-refractivity contribution is 6.16. The van der Waals surface area contributed by atoms with Crippen molar-refractivity contribution in [1.82, 2.24) is 10.1 Å². The summed E-state index contributed by atoms with van der Waals surface area (Å²) >= 11 is 5.48. The average molecular weight is 207 g/mol. The Balaban J connectivity index is 2.20. The molecule has 13 heavy (non-hydrogen) atoms. The number of halogens is 1. The smallest absolute Gasteiger partial charge is 0.252 e. The Morgan fingerprint density at radius 1 is 1.46 bits per heavy atom. The number of methoxy groups -OCH3 is 1. The van der Waals surface area contributed by atoms with E-state index in [1.807, 2.05) is 0 Å². The first-order valence-corrected chi connectivity index (χ1v) is 4.34. The van der Waals surface area contributed by atoms with E-state index in [0.29, 0.717) is 31.5 Å². The van der Waals surface area contributed by atoms with Crippen LogP contribution in [0, 0.1) is 0 Å². The molecule has 6 heteroatoms. The van der Waals surface area contributed by atoms with E-state index in [4.69, 9.17) is 25.6 Å². The fourth-order valence-corrected chi connectivity index (χ4v) is 0.813. The average Bonchev–Trinajstić information content (AvgIpc) is 2.60. The fraction of sp³-hybridized carbons (Fsp3) is 0.714. The Labute approximate surface area is 81.0 Å². The van der Waals surface area contributed by atoms with Gasteiger partial charge in [0.25, 0.3) is 5.89 Å². The van der Waals surface area contributed by atoms with Crippen LogP contribution in [0.5, 0.6) is 0 Å². The van der Waals surface area contributed by atoms with Crippen LogP contribution in [0.25, 0.3) is 0 Å². The maximum absolute atomic E-state index is 5.48. The number of aromatic nitrogens is 2. The molecule has 74 valence electrons. The van der Waals surface area contributed by atoms with Crippen molar-refractivity contribution in [2.45, 2.75) is 12.5 Å². The van der Waals surface area contributed by atoms with E-state index < -0.39 is 0 Å². The highest BCUT2D eigenvalue weighted by Crippen LogP contribution is 2.01. The molecule has 0 N–H and O–H groups in total. The summed E-state index contributed by atoms with van der Waals surface area (Å²) in [4.78, 5) is 3.95. The minimum Gasteiger partial charge on any atom is -0.382 e. The van der Waals surface area contributed by atoms with Crippen LogP contribution in [0.3, 0.4) is 0 Å². The molecule has 0 amide bonds. The number of rotatable bonds is 6. The molecule has 0 aliphatic carbocycles. The number of nitrogens with zero attached hydrogens (tertiary/aromatic N) is 2. The van der Waals surface area contributed by atoms with Gasteiger partial charge in [-0.15, -0.1) is 11.6 Å². The van der Waals surface area contributed by atoms with E-state index >= 15 is 0 Å². The Morgan fingerprint density at radius 2 is 2.31 bits per heavy atom. The monoisotopic (exact) mass is 206 g/mol. The van der Waals surface area contributed by atoms with Crippen LogP contribution in [0.1, 0.15) is 11.7 Å². The van der Waals surface area contributed by atoms with Gasteiger partial charge in [0.05, 0.1) is 19.1 Å². The fourth-order valence-electron chi connectivity index (χ4n) is 0.705. The van der Waals surface area contributed by atoms with Gasteiger partial charge in [-0.3, -0.25) is 0 Å². The van der Waals surface area contributed by atoms with Crippen molar-refractivity contribution >= 4 is 11.6 Å². The lowest BCUT2D eigenvalue weighted by molar-refractivity contribution is 0.0494. The first kappa shape index (κ1) is 10.4. The van der Waals surface area contributed by atoms with Crippen molar-refractivity contribution in [3.8, 4) is 0 Å². The zero-order valence-corrected chi connectivity index (χ0v) is 8.08. The lowest BCUT2D eigenvalue weighted by atomic mass is 10.6. The number of ether oxygens (including phenoxy) is 2. The topological polar surface area (TPSA) is 57.4 Å². The molecule has 0 saturated carbocycles. The number of hydrogen-bond donors (Lipinski definition) is 0. The predicted molar refractivity (Wildman–Crippen MR) is 45.4 cm³/mol. The minimum absolute atomic E-state index is 0.252. The second kappa shape index (κ2) is 5.90. The van der Waals surface area contributed by atoms with E-state index in [2.05, 4.69) is 10.1 Å². The molecular formula is C7H11ClN2O3. The standard InChI is InChI=1S/C7H11ClN2O3/c1-11-2-3-12-5-7-9-6(4-8)10-13-7/h2-5H2,1H3. The molecule has 0 atom stereocenters. The summed E-state index contributed by atoms with van der Waals surface area (Å²) < 4.78 is 14.8. The van der Waals surface area contributed by atoms with Crippen molar-refractivity contribution in [1.29, 1.82) is 0 Å². The molecule has 1 heterocycles. The molecular weight excluding hydrogens is 196 g/mol. The zero-order valence-electron chi connectivity index (χ0n) is 7.33. The normalized spacial score (nSPS) is 10.6. The lowest BCUT2D eigenvalue weighted by Gasteiger charge is -1.98. The Bertz CT molecular complexity index is 241. The van der Waals surface area contributed by atoms with Gasteiger partial charge >= 0.3 is 0 Å². The lowest BCUT2D eigenvalue weighted by Crippen LogP contribution is -2.01. The molecule has 1 rings (SSSR count). The third-order valence-electron chi connectivity index (χ3n) is 1.29. The summed E-state index contributed by atoms with van der Waals surface area (Å²) in [5.74, 6) is 1.17. The molecule has 0 spiro atoms. The van der Waals surface area contributed by atoms with E-state index in [1.54, 1.807) is 7.11 Å². The van der Waals surface area contributed by atoms with Gasteiger partial charge in [0.15, 0.2) is 5.82 Å². The molecule has 1 aromatic heterocycles. The van der Waals surface area contributed by atoms with Crippen LogP contribution in [-0.2, 0) is 22.0 Å². The SMILES string of the molecule is COCCOCc1nc(CCl)no1.